The first kappa shape index (κ1) is 20.6. The van der Waals surface area contributed by atoms with Crippen molar-refractivity contribution < 1.29 is 0 Å². The number of halogens is 1. The van der Waals surface area contributed by atoms with Gasteiger partial charge in [0.05, 0.1) is 5.52 Å². The molecule has 8 heteroatoms. The summed E-state index contributed by atoms with van der Waals surface area (Å²) in [5.41, 5.74) is 7.46. The van der Waals surface area contributed by atoms with Crippen LogP contribution < -0.4 is 0 Å². The average molecular weight is 525 g/mol. The standard InChI is InChI=1S/C24H22BrN5S2/c1-2-3-7-18-16-5-4-6-17(16)19-20-21(32-23(19)27-18)22-28-29-24(30(22)13-26-20)31-12-14-8-10-15(25)11-9-14/h8-11,13H,2-7,12H2,1H3. The highest BCUT2D eigenvalue weighted by molar-refractivity contribution is 9.10. The van der Waals surface area contributed by atoms with Crippen molar-refractivity contribution in [1.82, 2.24) is 24.6 Å². The molecule has 0 radical (unpaired) electrons. The lowest BCUT2D eigenvalue weighted by Gasteiger charge is -2.08. The fourth-order valence-corrected chi connectivity index (χ4v) is 6.87. The van der Waals surface area contributed by atoms with Gasteiger partial charge in [-0.2, -0.15) is 0 Å². The van der Waals surface area contributed by atoms with E-state index in [4.69, 9.17) is 9.97 Å². The maximum absolute atomic E-state index is 5.13. The summed E-state index contributed by atoms with van der Waals surface area (Å²) in [5.74, 6) is 0.842. The van der Waals surface area contributed by atoms with Gasteiger partial charge in [0.1, 0.15) is 15.9 Å². The molecule has 0 spiro atoms. The number of fused-ring (bicyclic) bond motifs is 7. The van der Waals surface area contributed by atoms with Crippen molar-refractivity contribution in [3.05, 3.63) is 57.4 Å². The molecule has 0 N–H and O–H groups in total. The van der Waals surface area contributed by atoms with Crippen molar-refractivity contribution in [2.24, 2.45) is 0 Å². The molecule has 1 aromatic carbocycles. The molecule has 0 amide bonds. The maximum Gasteiger partial charge on any atom is 0.197 e. The monoisotopic (exact) mass is 523 g/mol. The summed E-state index contributed by atoms with van der Waals surface area (Å²) in [4.78, 5) is 11.1. The van der Waals surface area contributed by atoms with Crippen molar-refractivity contribution >= 4 is 65.1 Å². The first-order valence-electron chi connectivity index (χ1n) is 11.1. The third-order valence-electron chi connectivity index (χ3n) is 6.19. The molecule has 5 aromatic rings. The van der Waals surface area contributed by atoms with Gasteiger partial charge in [0, 0.05) is 21.3 Å². The molecule has 1 aliphatic rings. The van der Waals surface area contributed by atoms with E-state index >= 15 is 0 Å². The Bertz CT molecular complexity index is 1460. The number of benzene rings is 1. The lowest BCUT2D eigenvalue weighted by Crippen LogP contribution is -1.98. The van der Waals surface area contributed by atoms with Crippen LogP contribution in [0.5, 0.6) is 0 Å². The summed E-state index contributed by atoms with van der Waals surface area (Å²) >= 11 is 6.90. The number of aromatic nitrogens is 5. The van der Waals surface area contributed by atoms with Crippen molar-refractivity contribution in [1.29, 1.82) is 0 Å². The van der Waals surface area contributed by atoms with Crippen LogP contribution >= 0.6 is 39.0 Å². The topological polar surface area (TPSA) is 56.0 Å². The number of rotatable bonds is 6. The van der Waals surface area contributed by atoms with E-state index < -0.39 is 0 Å². The van der Waals surface area contributed by atoms with Gasteiger partial charge in [-0.15, -0.1) is 21.5 Å². The summed E-state index contributed by atoms with van der Waals surface area (Å²) in [6.07, 6.45) is 8.86. The molecule has 1 aliphatic carbocycles. The molecule has 0 atom stereocenters. The Balaban J connectivity index is 1.43. The van der Waals surface area contributed by atoms with Crippen molar-refractivity contribution in [2.45, 2.75) is 56.4 Å². The van der Waals surface area contributed by atoms with Gasteiger partial charge >= 0.3 is 0 Å². The van der Waals surface area contributed by atoms with Crippen LogP contribution in [0.15, 0.2) is 40.2 Å². The number of thioether (sulfide) groups is 1. The highest BCUT2D eigenvalue weighted by Crippen LogP contribution is 2.41. The van der Waals surface area contributed by atoms with E-state index in [1.54, 1.807) is 23.1 Å². The molecule has 0 aliphatic heterocycles. The zero-order valence-corrected chi connectivity index (χ0v) is 21.0. The highest BCUT2D eigenvalue weighted by Gasteiger charge is 2.24. The van der Waals surface area contributed by atoms with Gasteiger partial charge in [0.2, 0.25) is 0 Å². The van der Waals surface area contributed by atoms with Crippen LogP contribution in [0.4, 0.5) is 0 Å². The average Bonchev–Trinajstić information content (AvgIpc) is 3.52. The van der Waals surface area contributed by atoms with E-state index in [1.807, 2.05) is 10.7 Å². The third-order valence-corrected chi connectivity index (χ3v) is 8.80. The first-order valence-corrected chi connectivity index (χ1v) is 13.7. The van der Waals surface area contributed by atoms with Crippen molar-refractivity contribution in [3.63, 3.8) is 0 Å². The van der Waals surface area contributed by atoms with Gasteiger partial charge in [-0.05, 0) is 60.9 Å². The Hall–Kier alpha value is -2.03. The molecule has 0 bridgehead atoms. The second-order valence-corrected chi connectivity index (χ2v) is 11.1. The van der Waals surface area contributed by atoms with Gasteiger partial charge in [-0.25, -0.2) is 9.97 Å². The molecular weight excluding hydrogens is 502 g/mol. The second-order valence-electron chi connectivity index (χ2n) is 8.27. The Morgan fingerprint density at radius 1 is 1.12 bits per heavy atom. The second kappa shape index (κ2) is 8.39. The molecule has 5 nitrogen and oxygen atoms in total. The van der Waals surface area contributed by atoms with E-state index in [2.05, 4.69) is 57.3 Å². The number of aryl methyl sites for hydroxylation is 2. The summed E-state index contributed by atoms with van der Waals surface area (Å²) in [7, 11) is 0. The van der Waals surface area contributed by atoms with E-state index in [9.17, 15) is 0 Å². The van der Waals surface area contributed by atoms with Crippen LogP contribution in [-0.4, -0.2) is 24.6 Å². The molecular formula is C24H22BrN5S2. The molecule has 6 rings (SSSR count). The van der Waals surface area contributed by atoms with Crippen LogP contribution in [0.3, 0.4) is 0 Å². The van der Waals surface area contributed by atoms with Crippen LogP contribution in [0.2, 0.25) is 0 Å². The lowest BCUT2D eigenvalue weighted by molar-refractivity contribution is 0.770. The largest absolute Gasteiger partial charge is 0.259 e. The van der Waals surface area contributed by atoms with Crippen LogP contribution in [0.25, 0.3) is 26.1 Å². The zero-order valence-electron chi connectivity index (χ0n) is 17.8. The minimum atomic E-state index is 0.842. The molecule has 4 aromatic heterocycles. The van der Waals surface area contributed by atoms with E-state index in [-0.39, 0.29) is 0 Å². The van der Waals surface area contributed by atoms with E-state index in [1.165, 1.54) is 47.0 Å². The summed E-state index contributed by atoms with van der Waals surface area (Å²) in [5, 5.41) is 11.2. The van der Waals surface area contributed by atoms with Gasteiger partial charge in [-0.3, -0.25) is 4.40 Å². The third kappa shape index (κ3) is 3.43. The smallest absolute Gasteiger partial charge is 0.197 e. The fourth-order valence-electron chi connectivity index (χ4n) is 4.59. The number of thiophene rings is 1. The molecule has 0 saturated heterocycles. The predicted octanol–water partition coefficient (Wildman–Crippen LogP) is 6.77. The Morgan fingerprint density at radius 2 is 1.97 bits per heavy atom. The predicted molar refractivity (Wildman–Crippen MR) is 136 cm³/mol. The van der Waals surface area contributed by atoms with Crippen molar-refractivity contribution in [2.75, 3.05) is 0 Å². The number of pyridine rings is 1. The summed E-state index contributed by atoms with van der Waals surface area (Å²) in [6.45, 7) is 2.25. The normalized spacial score (nSPS) is 13.6. The highest BCUT2D eigenvalue weighted by atomic mass is 79.9. The lowest BCUT2D eigenvalue weighted by atomic mass is 10.0. The fraction of sp³-hybridized carbons (Fsp3) is 0.333. The maximum atomic E-state index is 5.13. The van der Waals surface area contributed by atoms with Crippen LogP contribution in [0.1, 0.15) is 48.6 Å². The molecule has 162 valence electrons. The summed E-state index contributed by atoms with van der Waals surface area (Å²) < 4.78 is 4.22. The number of hydrogen-bond donors (Lipinski definition) is 0. The summed E-state index contributed by atoms with van der Waals surface area (Å²) in [6, 6.07) is 8.40. The zero-order chi connectivity index (χ0) is 21.7. The Morgan fingerprint density at radius 3 is 2.81 bits per heavy atom. The van der Waals surface area contributed by atoms with Gasteiger partial charge in [0.25, 0.3) is 0 Å². The van der Waals surface area contributed by atoms with Gasteiger partial charge < -0.3 is 0 Å². The van der Waals surface area contributed by atoms with Crippen LogP contribution in [0, 0.1) is 0 Å². The first-order chi connectivity index (χ1) is 15.7. The number of unbranched alkanes of at least 4 members (excludes halogenated alkanes) is 1. The Labute approximate surface area is 202 Å². The minimum absolute atomic E-state index is 0.842. The molecule has 0 fully saturated rings. The molecule has 0 unspecified atom stereocenters. The molecule has 32 heavy (non-hydrogen) atoms. The number of hydrogen-bond acceptors (Lipinski definition) is 6. The quantitative estimate of drug-likeness (QED) is 0.230. The SMILES string of the molecule is CCCCc1nc2sc3c(ncn4c(SCc5ccc(Br)cc5)nnc34)c2c2c1CCC2. The number of nitrogens with zero attached hydrogens (tertiary/aromatic N) is 5. The van der Waals surface area contributed by atoms with Gasteiger partial charge in [-0.1, -0.05) is 53.2 Å². The minimum Gasteiger partial charge on any atom is -0.259 e. The van der Waals surface area contributed by atoms with E-state index in [0.29, 0.717) is 0 Å². The Kier molecular flexibility index (Phi) is 5.39. The van der Waals surface area contributed by atoms with Crippen molar-refractivity contribution in [3.8, 4) is 0 Å². The van der Waals surface area contributed by atoms with E-state index in [0.717, 1.165) is 55.3 Å². The molecule has 0 saturated carbocycles. The van der Waals surface area contributed by atoms with Crippen LogP contribution in [-0.2, 0) is 25.0 Å². The van der Waals surface area contributed by atoms with Gasteiger partial charge in [0.15, 0.2) is 10.8 Å². The molecule has 4 heterocycles.